The Morgan fingerprint density at radius 2 is 1.90 bits per heavy atom. The lowest BCUT2D eigenvalue weighted by atomic mass is 10.0. The van der Waals surface area contributed by atoms with Crippen molar-refractivity contribution in [2.75, 3.05) is 24.5 Å². The van der Waals surface area contributed by atoms with Crippen LogP contribution in [0.15, 0.2) is 36.4 Å². The molecule has 1 amide bonds. The van der Waals surface area contributed by atoms with Gasteiger partial charge in [-0.1, -0.05) is 38.1 Å². The fourth-order valence-corrected chi connectivity index (χ4v) is 3.38. The SMILES string of the molecule is CC(C)C1C=CCN1C(=O)c1ccccc1N1CCCC1. The van der Waals surface area contributed by atoms with E-state index in [1.165, 1.54) is 12.8 Å². The van der Waals surface area contributed by atoms with E-state index in [0.717, 1.165) is 30.9 Å². The molecule has 0 radical (unpaired) electrons. The predicted molar refractivity (Wildman–Crippen MR) is 86.7 cm³/mol. The quantitative estimate of drug-likeness (QED) is 0.795. The molecule has 0 N–H and O–H groups in total. The third-order valence-corrected chi connectivity index (χ3v) is 4.52. The molecule has 2 heterocycles. The van der Waals surface area contributed by atoms with E-state index >= 15 is 0 Å². The van der Waals surface area contributed by atoms with Gasteiger partial charge in [0, 0.05) is 25.3 Å². The van der Waals surface area contributed by atoms with E-state index in [1.54, 1.807) is 0 Å². The fraction of sp³-hybridized carbons (Fsp3) is 0.500. The first kappa shape index (κ1) is 14.2. The highest BCUT2D eigenvalue weighted by molar-refractivity contribution is 6.00. The van der Waals surface area contributed by atoms with Crippen molar-refractivity contribution in [2.24, 2.45) is 5.92 Å². The summed E-state index contributed by atoms with van der Waals surface area (Å²) in [6.07, 6.45) is 6.73. The largest absolute Gasteiger partial charge is 0.371 e. The minimum atomic E-state index is 0.168. The van der Waals surface area contributed by atoms with Crippen molar-refractivity contribution in [2.45, 2.75) is 32.7 Å². The van der Waals surface area contributed by atoms with Crippen molar-refractivity contribution < 1.29 is 4.79 Å². The van der Waals surface area contributed by atoms with Crippen LogP contribution in [0.5, 0.6) is 0 Å². The van der Waals surface area contributed by atoms with Crippen molar-refractivity contribution in [3.05, 3.63) is 42.0 Å². The smallest absolute Gasteiger partial charge is 0.256 e. The average molecular weight is 284 g/mol. The van der Waals surface area contributed by atoms with Crippen LogP contribution < -0.4 is 4.90 Å². The van der Waals surface area contributed by atoms with Gasteiger partial charge in [0.1, 0.15) is 0 Å². The number of amides is 1. The molecule has 0 bridgehead atoms. The van der Waals surface area contributed by atoms with Gasteiger partial charge >= 0.3 is 0 Å². The molecule has 0 saturated carbocycles. The zero-order chi connectivity index (χ0) is 14.8. The standard InChI is InChI=1S/C18H24N2O/c1-14(2)16-10-7-13-20(16)18(21)15-8-3-4-9-17(15)19-11-5-6-12-19/h3-4,7-10,14,16H,5-6,11-13H2,1-2H3. The van der Waals surface area contributed by atoms with Crippen LogP contribution in [0.25, 0.3) is 0 Å². The van der Waals surface area contributed by atoms with Gasteiger partial charge in [0.15, 0.2) is 0 Å². The molecule has 3 heteroatoms. The first-order valence-corrected chi connectivity index (χ1v) is 8.00. The first-order valence-electron chi connectivity index (χ1n) is 8.00. The van der Waals surface area contributed by atoms with Crippen molar-refractivity contribution in [3.8, 4) is 0 Å². The molecular weight excluding hydrogens is 260 g/mol. The highest BCUT2D eigenvalue weighted by Crippen LogP contribution is 2.28. The monoisotopic (exact) mass is 284 g/mol. The van der Waals surface area contributed by atoms with E-state index < -0.39 is 0 Å². The van der Waals surface area contributed by atoms with E-state index in [9.17, 15) is 4.79 Å². The summed E-state index contributed by atoms with van der Waals surface area (Å²) in [6.45, 7) is 7.21. The predicted octanol–water partition coefficient (Wildman–Crippen LogP) is 3.32. The van der Waals surface area contributed by atoms with Crippen LogP contribution >= 0.6 is 0 Å². The Labute approximate surface area is 127 Å². The van der Waals surface area contributed by atoms with Gasteiger partial charge in [0.2, 0.25) is 0 Å². The molecule has 1 aromatic rings. The summed E-state index contributed by atoms with van der Waals surface area (Å²) in [5.74, 6) is 0.618. The lowest BCUT2D eigenvalue weighted by molar-refractivity contribution is 0.0721. The van der Waals surface area contributed by atoms with Gasteiger partial charge in [-0.3, -0.25) is 4.79 Å². The summed E-state index contributed by atoms with van der Waals surface area (Å²) in [6, 6.07) is 8.30. The third-order valence-electron chi connectivity index (χ3n) is 4.52. The maximum absolute atomic E-state index is 13.0. The van der Waals surface area contributed by atoms with Crippen molar-refractivity contribution in [3.63, 3.8) is 0 Å². The summed E-state index contributed by atoms with van der Waals surface area (Å²) >= 11 is 0. The summed E-state index contributed by atoms with van der Waals surface area (Å²) in [5.41, 5.74) is 1.96. The van der Waals surface area contributed by atoms with Gasteiger partial charge in [-0.05, 0) is 30.9 Å². The lowest BCUT2D eigenvalue weighted by Crippen LogP contribution is -2.39. The molecule has 1 aromatic carbocycles. The molecule has 1 atom stereocenters. The van der Waals surface area contributed by atoms with Gasteiger partial charge in [0.05, 0.1) is 11.6 Å². The molecule has 1 unspecified atom stereocenters. The molecule has 3 nitrogen and oxygen atoms in total. The number of para-hydroxylation sites is 1. The normalized spacial score (nSPS) is 21.6. The number of hydrogen-bond donors (Lipinski definition) is 0. The van der Waals surface area contributed by atoms with E-state index in [1.807, 2.05) is 23.1 Å². The molecule has 3 rings (SSSR count). The molecular formula is C18H24N2O. The molecule has 112 valence electrons. The topological polar surface area (TPSA) is 23.6 Å². The Morgan fingerprint density at radius 3 is 2.62 bits per heavy atom. The Hall–Kier alpha value is -1.77. The van der Waals surface area contributed by atoms with Gasteiger partial charge in [-0.25, -0.2) is 0 Å². The van der Waals surface area contributed by atoms with Crippen LogP contribution in [0.2, 0.25) is 0 Å². The highest BCUT2D eigenvalue weighted by Gasteiger charge is 2.30. The first-order chi connectivity index (χ1) is 10.2. The maximum Gasteiger partial charge on any atom is 0.256 e. The lowest BCUT2D eigenvalue weighted by Gasteiger charge is -2.29. The van der Waals surface area contributed by atoms with Crippen LogP contribution in [-0.4, -0.2) is 36.5 Å². The Balaban J connectivity index is 1.88. The fourth-order valence-electron chi connectivity index (χ4n) is 3.38. The number of rotatable bonds is 3. The van der Waals surface area contributed by atoms with Gasteiger partial charge in [-0.2, -0.15) is 0 Å². The van der Waals surface area contributed by atoms with Gasteiger partial charge < -0.3 is 9.80 Å². The summed E-state index contributed by atoms with van der Waals surface area (Å²) in [5, 5.41) is 0. The van der Waals surface area contributed by atoms with Crippen LogP contribution in [0.4, 0.5) is 5.69 Å². The zero-order valence-corrected chi connectivity index (χ0v) is 13.0. The third kappa shape index (κ3) is 2.69. The zero-order valence-electron chi connectivity index (χ0n) is 13.0. The molecule has 2 aliphatic heterocycles. The number of carbonyl (C=O) groups is 1. The summed E-state index contributed by atoms with van der Waals surface area (Å²) < 4.78 is 0. The minimum Gasteiger partial charge on any atom is -0.371 e. The Kier molecular flexibility index (Phi) is 4.00. The van der Waals surface area contributed by atoms with Crippen molar-refractivity contribution in [1.82, 2.24) is 4.90 Å². The van der Waals surface area contributed by atoms with Crippen molar-refractivity contribution in [1.29, 1.82) is 0 Å². The van der Waals surface area contributed by atoms with E-state index in [4.69, 9.17) is 0 Å². The number of benzene rings is 1. The number of anilines is 1. The highest BCUT2D eigenvalue weighted by atomic mass is 16.2. The second kappa shape index (κ2) is 5.92. The molecule has 0 aromatic heterocycles. The molecule has 0 spiro atoms. The summed E-state index contributed by atoms with van der Waals surface area (Å²) in [7, 11) is 0. The van der Waals surface area contributed by atoms with E-state index in [0.29, 0.717) is 5.92 Å². The number of carbonyl (C=O) groups excluding carboxylic acids is 1. The molecule has 1 fully saturated rings. The second-order valence-corrected chi connectivity index (χ2v) is 6.33. The number of nitrogens with zero attached hydrogens (tertiary/aromatic N) is 2. The number of hydrogen-bond acceptors (Lipinski definition) is 2. The van der Waals surface area contributed by atoms with Gasteiger partial charge in [-0.15, -0.1) is 0 Å². The van der Waals surface area contributed by atoms with Gasteiger partial charge in [0.25, 0.3) is 5.91 Å². The van der Waals surface area contributed by atoms with Crippen LogP contribution in [0.1, 0.15) is 37.0 Å². The van der Waals surface area contributed by atoms with Crippen LogP contribution in [-0.2, 0) is 0 Å². The van der Waals surface area contributed by atoms with E-state index in [-0.39, 0.29) is 11.9 Å². The van der Waals surface area contributed by atoms with Crippen LogP contribution in [0, 0.1) is 5.92 Å². The molecule has 2 aliphatic rings. The molecule has 1 saturated heterocycles. The van der Waals surface area contributed by atoms with Crippen LogP contribution in [0.3, 0.4) is 0 Å². The maximum atomic E-state index is 13.0. The molecule has 0 aliphatic carbocycles. The minimum absolute atomic E-state index is 0.168. The average Bonchev–Trinajstić information content (AvgIpc) is 3.17. The molecule has 21 heavy (non-hydrogen) atoms. The Bertz CT molecular complexity index is 544. The van der Waals surface area contributed by atoms with Crippen molar-refractivity contribution >= 4 is 11.6 Å². The Morgan fingerprint density at radius 1 is 1.19 bits per heavy atom. The summed E-state index contributed by atoms with van der Waals surface area (Å²) in [4.78, 5) is 17.3. The van der Waals surface area contributed by atoms with E-state index in [2.05, 4.69) is 37.0 Å². The second-order valence-electron chi connectivity index (χ2n) is 6.33.